The van der Waals surface area contributed by atoms with Crippen molar-refractivity contribution in [2.75, 3.05) is 6.26 Å². The smallest absolute Gasteiger partial charge is 0.175 e. The molecular weight excluding hydrogens is 308 g/mol. The second-order valence-corrected chi connectivity index (χ2v) is 7.70. The first-order chi connectivity index (χ1) is 10.8. The minimum absolute atomic E-state index is 0.329. The van der Waals surface area contributed by atoms with Gasteiger partial charge in [0.05, 0.1) is 15.9 Å². The second-order valence-electron chi connectivity index (χ2n) is 5.69. The van der Waals surface area contributed by atoms with E-state index in [2.05, 4.69) is 9.97 Å². The van der Waals surface area contributed by atoms with Gasteiger partial charge in [-0.1, -0.05) is 24.3 Å². The lowest BCUT2D eigenvalue weighted by molar-refractivity contribution is 0.602. The Kier molecular flexibility index (Phi) is 3.82. The van der Waals surface area contributed by atoms with Gasteiger partial charge in [-0.15, -0.1) is 0 Å². The molecule has 0 aliphatic carbocycles. The number of aromatic amines is 1. The van der Waals surface area contributed by atoms with E-state index in [9.17, 15) is 8.42 Å². The number of hydrogen-bond acceptors (Lipinski definition) is 3. The summed E-state index contributed by atoms with van der Waals surface area (Å²) in [5, 5.41) is 0. The zero-order valence-electron chi connectivity index (χ0n) is 13.3. The fourth-order valence-corrected chi connectivity index (χ4v) is 3.15. The van der Waals surface area contributed by atoms with Gasteiger partial charge in [-0.2, -0.15) is 0 Å². The molecule has 0 atom stereocenters. The van der Waals surface area contributed by atoms with E-state index in [-0.39, 0.29) is 0 Å². The van der Waals surface area contributed by atoms with Crippen LogP contribution in [0.25, 0.3) is 23.2 Å². The molecule has 23 heavy (non-hydrogen) atoms. The molecule has 0 aliphatic heterocycles. The summed E-state index contributed by atoms with van der Waals surface area (Å²) in [5.74, 6) is 0. The van der Waals surface area contributed by atoms with E-state index in [4.69, 9.17) is 0 Å². The maximum atomic E-state index is 11.5. The van der Waals surface area contributed by atoms with Gasteiger partial charge in [0.25, 0.3) is 0 Å². The van der Waals surface area contributed by atoms with E-state index < -0.39 is 9.84 Å². The lowest BCUT2D eigenvalue weighted by Crippen LogP contribution is -1.95. The van der Waals surface area contributed by atoms with Crippen LogP contribution in [0, 0.1) is 13.8 Å². The van der Waals surface area contributed by atoms with Crippen LogP contribution in [0.2, 0.25) is 0 Å². The molecule has 0 saturated carbocycles. The predicted molar refractivity (Wildman–Crippen MR) is 94.0 cm³/mol. The number of rotatable bonds is 3. The fraction of sp³-hybridized carbons (Fsp3) is 0.167. The maximum absolute atomic E-state index is 11.5. The third-order valence-corrected chi connectivity index (χ3v) is 4.89. The first-order valence-corrected chi connectivity index (χ1v) is 9.18. The number of sulfone groups is 1. The van der Waals surface area contributed by atoms with Crippen molar-refractivity contribution in [2.24, 2.45) is 0 Å². The standard InChI is InChI=1S/C18H18N2O2S/c1-12-4-11-17-18(19-12)16(13(2)20-17)10-7-14-5-8-15(9-6-14)23(3,21)22/h4-11,20H,1-3H3. The number of aryl methyl sites for hydroxylation is 2. The second kappa shape index (κ2) is 5.66. The molecule has 0 aliphatic rings. The molecule has 2 heterocycles. The molecule has 5 heteroatoms. The number of H-pyrrole nitrogens is 1. The van der Waals surface area contributed by atoms with Gasteiger partial charge in [-0.25, -0.2) is 8.42 Å². The van der Waals surface area contributed by atoms with Gasteiger partial charge in [-0.3, -0.25) is 4.98 Å². The summed E-state index contributed by atoms with van der Waals surface area (Å²) in [6.07, 6.45) is 5.18. The van der Waals surface area contributed by atoms with Crippen LogP contribution in [0.4, 0.5) is 0 Å². The molecule has 1 aromatic carbocycles. The number of hydrogen-bond donors (Lipinski definition) is 1. The molecule has 1 N–H and O–H groups in total. The topological polar surface area (TPSA) is 62.8 Å². The maximum Gasteiger partial charge on any atom is 0.175 e. The van der Waals surface area contributed by atoms with E-state index in [1.54, 1.807) is 24.3 Å². The average molecular weight is 326 g/mol. The van der Waals surface area contributed by atoms with Crippen molar-refractivity contribution >= 4 is 33.0 Å². The van der Waals surface area contributed by atoms with Crippen LogP contribution in [-0.2, 0) is 9.84 Å². The number of nitrogens with one attached hydrogen (secondary N) is 1. The van der Waals surface area contributed by atoms with Gasteiger partial charge < -0.3 is 4.98 Å². The zero-order chi connectivity index (χ0) is 16.6. The number of pyridine rings is 1. The Morgan fingerprint density at radius 2 is 1.70 bits per heavy atom. The highest BCUT2D eigenvalue weighted by molar-refractivity contribution is 7.90. The number of fused-ring (bicyclic) bond motifs is 1. The van der Waals surface area contributed by atoms with E-state index in [0.29, 0.717) is 4.90 Å². The van der Waals surface area contributed by atoms with Gasteiger partial charge in [0, 0.05) is 23.2 Å². The fourth-order valence-electron chi connectivity index (χ4n) is 2.52. The molecule has 3 aromatic rings. The summed E-state index contributed by atoms with van der Waals surface area (Å²) in [5.41, 5.74) is 5.99. The molecule has 0 bridgehead atoms. The highest BCUT2D eigenvalue weighted by atomic mass is 32.2. The zero-order valence-corrected chi connectivity index (χ0v) is 14.1. The molecule has 3 rings (SSSR count). The van der Waals surface area contributed by atoms with Crippen LogP contribution in [-0.4, -0.2) is 24.6 Å². The van der Waals surface area contributed by atoms with E-state index in [0.717, 1.165) is 33.5 Å². The minimum atomic E-state index is -3.16. The van der Waals surface area contributed by atoms with Crippen LogP contribution in [0.1, 0.15) is 22.5 Å². The number of nitrogens with zero attached hydrogens (tertiary/aromatic N) is 1. The Morgan fingerprint density at radius 3 is 2.35 bits per heavy atom. The monoisotopic (exact) mass is 326 g/mol. The first kappa shape index (κ1) is 15.5. The largest absolute Gasteiger partial charge is 0.357 e. The lowest BCUT2D eigenvalue weighted by atomic mass is 10.1. The van der Waals surface area contributed by atoms with Crippen molar-refractivity contribution in [2.45, 2.75) is 18.7 Å². The van der Waals surface area contributed by atoms with E-state index in [1.165, 1.54) is 6.26 Å². The highest BCUT2D eigenvalue weighted by Gasteiger charge is 2.08. The Balaban J connectivity index is 1.97. The molecule has 0 unspecified atom stereocenters. The van der Waals surface area contributed by atoms with E-state index in [1.807, 2.05) is 38.1 Å². The van der Waals surface area contributed by atoms with E-state index >= 15 is 0 Å². The van der Waals surface area contributed by atoms with Crippen LogP contribution in [0.15, 0.2) is 41.3 Å². The summed E-state index contributed by atoms with van der Waals surface area (Å²) in [4.78, 5) is 8.25. The highest BCUT2D eigenvalue weighted by Crippen LogP contribution is 2.23. The first-order valence-electron chi connectivity index (χ1n) is 7.29. The molecule has 0 fully saturated rings. The number of benzene rings is 1. The van der Waals surface area contributed by atoms with Gasteiger partial charge in [-0.05, 0) is 43.7 Å². The SMILES string of the molecule is Cc1ccc2[nH]c(C)c(C=Cc3ccc(S(C)(=O)=O)cc3)c2n1. The van der Waals surface area contributed by atoms with Crippen molar-refractivity contribution in [3.8, 4) is 0 Å². The van der Waals surface area contributed by atoms with Crippen LogP contribution in [0.3, 0.4) is 0 Å². The third-order valence-electron chi connectivity index (χ3n) is 3.77. The molecule has 118 valence electrons. The molecule has 2 aromatic heterocycles. The van der Waals surface area contributed by atoms with Crippen molar-refractivity contribution in [3.05, 3.63) is 58.9 Å². The van der Waals surface area contributed by atoms with Crippen molar-refractivity contribution in [1.29, 1.82) is 0 Å². The van der Waals surface area contributed by atoms with Gasteiger partial charge >= 0.3 is 0 Å². The Hall–Kier alpha value is -2.40. The number of aromatic nitrogens is 2. The minimum Gasteiger partial charge on any atom is -0.357 e. The van der Waals surface area contributed by atoms with Crippen molar-refractivity contribution < 1.29 is 8.42 Å². The Labute approximate surface area is 135 Å². The molecule has 0 radical (unpaired) electrons. The van der Waals surface area contributed by atoms with Gasteiger partial charge in [0.1, 0.15) is 0 Å². The summed E-state index contributed by atoms with van der Waals surface area (Å²) in [6.45, 7) is 3.99. The summed E-state index contributed by atoms with van der Waals surface area (Å²) in [6, 6.07) is 10.9. The Bertz CT molecular complexity index is 997. The molecular formula is C18H18N2O2S. The molecule has 4 nitrogen and oxygen atoms in total. The Morgan fingerprint density at radius 1 is 1.00 bits per heavy atom. The van der Waals surface area contributed by atoms with Crippen LogP contribution >= 0.6 is 0 Å². The average Bonchev–Trinajstić information content (AvgIpc) is 2.79. The van der Waals surface area contributed by atoms with Crippen molar-refractivity contribution in [1.82, 2.24) is 9.97 Å². The molecule has 0 spiro atoms. The summed E-state index contributed by atoms with van der Waals surface area (Å²) in [7, 11) is -3.16. The van der Waals surface area contributed by atoms with Gasteiger partial charge in [0.2, 0.25) is 0 Å². The summed E-state index contributed by atoms with van der Waals surface area (Å²) >= 11 is 0. The van der Waals surface area contributed by atoms with Crippen LogP contribution in [0.5, 0.6) is 0 Å². The van der Waals surface area contributed by atoms with Gasteiger partial charge in [0.15, 0.2) is 9.84 Å². The van der Waals surface area contributed by atoms with Crippen LogP contribution < -0.4 is 0 Å². The predicted octanol–water partition coefficient (Wildman–Crippen LogP) is 3.75. The quantitative estimate of drug-likeness (QED) is 0.797. The normalized spacial score (nSPS) is 12.3. The third kappa shape index (κ3) is 3.19. The lowest BCUT2D eigenvalue weighted by Gasteiger charge is -1.99. The molecule has 0 saturated heterocycles. The summed E-state index contributed by atoms with van der Waals surface area (Å²) < 4.78 is 23.0. The molecule has 0 amide bonds. The van der Waals surface area contributed by atoms with Crippen molar-refractivity contribution in [3.63, 3.8) is 0 Å².